The van der Waals surface area contributed by atoms with Gasteiger partial charge in [-0.25, -0.2) is 4.79 Å². The fraction of sp³-hybridized carbons (Fsp3) is 0.364. The van der Waals surface area contributed by atoms with E-state index >= 15 is 0 Å². The second kappa shape index (κ2) is 6.68. The van der Waals surface area contributed by atoms with Crippen LogP contribution in [-0.2, 0) is 6.54 Å². The SMILES string of the molecule is COc1cccc(CNC(=O)NCCN)c1. The number of carbonyl (C=O) groups excluding carboxylic acids is 1. The normalized spacial score (nSPS) is 9.62. The van der Waals surface area contributed by atoms with Crippen molar-refractivity contribution in [1.82, 2.24) is 10.6 Å². The first-order chi connectivity index (χ1) is 7.76. The van der Waals surface area contributed by atoms with Crippen molar-refractivity contribution in [2.24, 2.45) is 5.73 Å². The lowest BCUT2D eigenvalue weighted by Crippen LogP contribution is -2.37. The number of urea groups is 1. The summed E-state index contributed by atoms with van der Waals surface area (Å²) in [6.07, 6.45) is 0. The molecule has 2 amide bonds. The van der Waals surface area contributed by atoms with Crippen LogP contribution >= 0.6 is 0 Å². The van der Waals surface area contributed by atoms with Crippen LogP contribution in [-0.4, -0.2) is 26.2 Å². The van der Waals surface area contributed by atoms with Crippen molar-refractivity contribution in [3.8, 4) is 5.75 Å². The number of nitrogens with two attached hydrogens (primary N) is 1. The summed E-state index contributed by atoms with van der Waals surface area (Å²) in [6.45, 7) is 1.38. The molecule has 0 heterocycles. The second-order valence-corrected chi connectivity index (χ2v) is 3.25. The van der Waals surface area contributed by atoms with E-state index in [2.05, 4.69) is 10.6 Å². The number of hydrogen-bond acceptors (Lipinski definition) is 3. The Morgan fingerprint density at radius 1 is 1.44 bits per heavy atom. The van der Waals surface area contributed by atoms with Crippen molar-refractivity contribution in [2.75, 3.05) is 20.2 Å². The van der Waals surface area contributed by atoms with Crippen LogP contribution in [0.4, 0.5) is 4.79 Å². The number of methoxy groups -OCH3 is 1. The largest absolute Gasteiger partial charge is 0.497 e. The van der Waals surface area contributed by atoms with E-state index < -0.39 is 0 Å². The zero-order chi connectivity index (χ0) is 11.8. The lowest BCUT2D eigenvalue weighted by molar-refractivity contribution is 0.241. The molecular weight excluding hydrogens is 206 g/mol. The number of benzene rings is 1. The highest BCUT2D eigenvalue weighted by Crippen LogP contribution is 2.11. The van der Waals surface area contributed by atoms with Gasteiger partial charge in [0.05, 0.1) is 7.11 Å². The first-order valence-corrected chi connectivity index (χ1v) is 5.11. The standard InChI is InChI=1S/C11H17N3O2/c1-16-10-4-2-3-9(7-10)8-14-11(15)13-6-5-12/h2-4,7H,5-6,8,12H2,1H3,(H2,13,14,15). The third kappa shape index (κ3) is 4.18. The van der Waals surface area contributed by atoms with E-state index in [0.717, 1.165) is 11.3 Å². The monoisotopic (exact) mass is 223 g/mol. The Bertz CT molecular complexity index is 342. The highest BCUT2D eigenvalue weighted by atomic mass is 16.5. The van der Waals surface area contributed by atoms with Crippen LogP contribution in [0.1, 0.15) is 5.56 Å². The van der Waals surface area contributed by atoms with Crippen LogP contribution < -0.4 is 21.1 Å². The molecule has 0 radical (unpaired) electrons. The fourth-order valence-corrected chi connectivity index (χ4v) is 1.21. The zero-order valence-electron chi connectivity index (χ0n) is 9.32. The van der Waals surface area contributed by atoms with E-state index in [1.807, 2.05) is 24.3 Å². The minimum Gasteiger partial charge on any atom is -0.497 e. The minimum absolute atomic E-state index is 0.215. The highest BCUT2D eigenvalue weighted by Gasteiger charge is 1.99. The van der Waals surface area contributed by atoms with Gasteiger partial charge in [0.2, 0.25) is 0 Å². The molecule has 0 bridgehead atoms. The average molecular weight is 223 g/mol. The Labute approximate surface area is 95.0 Å². The lowest BCUT2D eigenvalue weighted by atomic mass is 10.2. The van der Waals surface area contributed by atoms with E-state index in [4.69, 9.17) is 10.5 Å². The molecule has 0 aliphatic heterocycles. The summed E-state index contributed by atoms with van der Waals surface area (Å²) >= 11 is 0. The van der Waals surface area contributed by atoms with Gasteiger partial charge >= 0.3 is 6.03 Å². The minimum atomic E-state index is -0.215. The Morgan fingerprint density at radius 2 is 2.25 bits per heavy atom. The molecule has 88 valence electrons. The van der Waals surface area contributed by atoms with Crippen molar-refractivity contribution >= 4 is 6.03 Å². The van der Waals surface area contributed by atoms with Gasteiger partial charge in [0.15, 0.2) is 0 Å². The van der Waals surface area contributed by atoms with Gasteiger partial charge in [-0.1, -0.05) is 12.1 Å². The molecule has 0 fully saturated rings. The van der Waals surface area contributed by atoms with E-state index in [-0.39, 0.29) is 6.03 Å². The molecule has 16 heavy (non-hydrogen) atoms. The molecule has 5 nitrogen and oxygen atoms in total. The van der Waals surface area contributed by atoms with Crippen LogP contribution in [0.25, 0.3) is 0 Å². The van der Waals surface area contributed by atoms with Crippen LogP contribution in [0.5, 0.6) is 5.75 Å². The fourth-order valence-electron chi connectivity index (χ4n) is 1.21. The van der Waals surface area contributed by atoms with E-state index in [0.29, 0.717) is 19.6 Å². The number of nitrogens with one attached hydrogen (secondary N) is 2. The molecule has 0 aliphatic rings. The molecule has 1 rings (SSSR count). The van der Waals surface area contributed by atoms with E-state index in [1.54, 1.807) is 7.11 Å². The maximum absolute atomic E-state index is 11.2. The first-order valence-electron chi connectivity index (χ1n) is 5.11. The van der Waals surface area contributed by atoms with Crippen molar-refractivity contribution < 1.29 is 9.53 Å². The van der Waals surface area contributed by atoms with E-state index in [9.17, 15) is 4.79 Å². The smallest absolute Gasteiger partial charge is 0.315 e. The van der Waals surface area contributed by atoms with Gasteiger partial charge in [-0.3, -0.25) is 0 Å². The second-order valence-electron chi connectivity index (χ2n) is 3.25. The van der Waals surface area contributed by atoms with Crippen LogP contribution in [0.2, 0.25) is 0 Å². The lowest BCUT2D eigenvalue weighted by Gasteiger charge is -2.07. The van der Waals surface area contributed by atoms with Gasteiger partial charge in [-0.15, -0.1) is 0 Å². The van der Waals surface area contributed by atoms with Crippen molar-refractivity contribution in [1.29, 1.82) is 0 Å². The molecule has 0 aliphatic carbocycles. The maximum atomic E-state index is 11.2. The number of rotatable bonds is 5. The number of hydrogen-bond donors (Lipinski definition) is 3. The first kappa shape index (κ1) is 12.3. The van der Waals surface area contributed by atoms with Gasteiger partial charge in [0.1, 0.15) is 5.75 Å². The summed E-state index contributed by atoms with van der Waals surface area (Å²) in [6, 6.07) is 7.33. The van der Waals surface area contributed by atoms with Gasteiger partial charge in [0.25, 0.3) is 0 Å². The summed E-state index contributed by atoms with van der Waals surface area (Å²) in [4.78, 5) is 11.2. The van der Waals surface area contributed by atoms with Crippen molar-refractivity contribution in [3.05, 3.63) is 29.8 Å². The summed E-state index contributed by atoms with van der Waals surface area (Å²) in [5, 5.41) is 5.35. The van der Waals surface area contributed by atoms with E-state index in [1.165, 1.54) is 0 Å². The molecule has 0 spiro atoms. The summed E-state index contributed by atoms with van der Waals surface area (Å²) in [5.74, 6) is 0.779. The average Bonchev–Trinajstić information content (AvgIpc) is 2.34. The summed E-state index contributed by atoms with van der Waals surface area (Å²) in [7, 11) is 1.61. The molecule has 5 heteroatoms. The van der Waals surface area contributed by atoms with Gasteiger partial charge in [-0.05, 0) is 17.7 Å². The Hall–Kier alpha value is -1.75. The predicted molar refractivity (Wildman–Crippen MR) is 62.3 cm³/mol. The molecule has 1 aromatic rings. The molecular formula is C11H17N3O2. The van der Waals surface area contributed by atoms with Crippen molar-refractivity contribution in [2.45, 2.75) is 6.54 Å². The Kier molecular flexibility index (Phi) is 5.15. The number of carbonyl (C=O) groups is 1. The number of amides is 2. The highest BCUT2D eigenvalue weighted by molar-refractivity contribution is 5.73. The summed E-state index contributed by atoms with van der Waals surface area (Å²) in [5.41, 5.74) is 6.25. The quantitative estimate of drug-likeness (QED) is 0.678. The molecule has 0 saturated heterocycles. The molecule has 0 atom stereocenters. The van der Waals surface area contributed by atoms with Crippen LogP contribution in [0, 0.1) is 0 Å². The number of ether oxygens (including phenoxy) is 1. The zero-order valence-corrected chi connectivity index (χ0v) is 9.32. The van der Waals surface area contributed by atoms with Gasteiger partial charge < -0.3 is 21.1 Å². The van der Waals surface area contributed by atoms with Gasteiger partial charge in [0, 0.05) is 19.6 Å². The van der Waals surface area contributed by atoms with Gasteiger partial charge in [-0.2, -0.15) is 0 Å². The maximum Gasteiger partial charge on any atom is 0.315 e. The summed E-state index contributed by atoms with van der Waals surface area (Å²) < 4.78 is 5.08. The van der Waals surface area contributed by atoms with Crippen molar-refractivity contribution in [3.63, 3.8) is 0 Å². The molecule has 0 unspecified atom stereocenters. The Balaban J connectivity index is 2.38. The molecule has 4 N–H and O–H groups in total. The molecule has 0 saturated carbocycles. The van der Waals surface area contributed by atoms with Crippen LogP contribution in [0.3, 0.4) is 0 Å². The topological polar surface area (TPSA) is 76.4 Å². The third-order valence-corrected chi connectivity index (χ3v) is 2.02. The molecule has 1 aromatic carbocycles. The molecule has 0 aromatic heterocycles. The third-order valence-electron chi connectivity index (χ3n) is 2.02. The Morgan fingerprint density at radius 3 is 2.94 bits per heavy atom. The van der Waals surface area contributed by atoms with Crippen LogP contribution in [0.15, 0.2) is 24.3 Å². The predicted octanol–water partition coefficient (Wildman–Crippen LogP) is 0.453.